The Morgan fingerprint density at radius 3 is 2.30 bits per heavy atom. The zero-order valence-corrected chi connectivity index (χ0v) is 17.3. The van der Waals surface area contributed by atoms with Gasteiger partial charge in [-0.15, -0.1) is 11.6 Å². The number of anilines is 1. The van der Waals surface area contributed by atoms with E-state index in [9.17, 15) is 22.8 Å². The largest absolute Gasteiger partial charge is 0.435 e. The molecule has 1 aromatic heterocycles. The van der Waals surface area contributed by atoms with Crippen molar-refractivity contribution in [2.45, 2.75) is 30.8 Å². The summed E-state index contributed by atoms with van der Waals surface area (Å²) in [5, 5.41) is 6.29. The number of hydrogen-bond donors (Lipinski definition) is 1. The third kappa shape index (κ3) is 4.67. The fourth-order valence-corrected chi connectivity index (χ4v) is 3.12. The predicted octanol–water partition coefficient (Wildman–Crippen LogP) is 4.09. The monoisotopic (exact) mass is 440 g/mol. The van der Waals surface area contributed by atoms with Gasteiger partial charge in [-0.25, -0.2) is 4.68 Å². The quantitative estimate of drug-likeness (QED) is 0.318. The van der Waals surface area contributed by atoms with Crippen LogP contribution in [-0.4, -0.2) is 40.5 Å². The van der Waals surface area contributed by atoms with Gasteiger partial charge >= 0.3 is 6.18 Å². The number of aromatic nitrogens is 2. The number of alkyl halides is 4. The second-order valence-corrected chi connectivity index (χ2v) is 8.09. The van der Waals surface area contributed by atoms with E-state index in [1.807, 2.05) is 0 Å². The number of nitrogens with one attached hydrogen (secondary N) is 1. The molecule has 1 fully saturated rings. The van der Waals surface area contributed by atoms with Gasteiger partial charge < -0.3 is 10.2 Å². The molecular formula is C20H20ClF3N4O2. The maximum absolute atomic E-state index is 13.4. The van der Waals surface area contributed by atoms with E-state index in [0.717, 1.165) is 4.68 Å². The van der Waals surface area contributed by atoms with Crippen molar-refractivity contribution < 1.29 is 22.8 Å². The highest BCUT2D eigenvalue weighted by Gasteiger charge is 2.50. The summed E-state index contributed by atoms with van der Waals surface area (Å²) >= 11 is 6.22. The van der Waals surface area contributed by atoms with Crippen molar-refractivity contribution >= 4 is 29.0 Å². The molecule has 0 radical (unpaired) electrons. The summed E-state index contributed by atoms with van der Waals surface area (Å²) in [6.07, 6.45) is -0.971. The number of benzene rings is 1. The van der Waals surface area contributed by atoms with Crippen LogP contribution in [0, 0.1) is 0 Å². The summed E-state index contributed by atoms with van der Waals surface area (Å²) < 4.78 is 41.2. The molecule has 2 aromatic rings. The van der Waals surface area contributed by atoms with Crippen molar-refractivity contribution in [1.82, 2.24) is 14.7 Å². The van der Waals surface area contributed by atoms with Gasteiger partial charge in [0, 0.05) is 37.7 Å². The Bertz CT molecular complexity index is 983. The highest BCUT2D eigenvalue weighted by atomic mass is 35.5. The number of carbonyl (C=O) groups is 2. The first-order valence-electron chi connectivity index (χ1n) is 9.08. The molecule has 0 atom stereocenters. The third-order valence-electron chi connectivity index (χ3n) is 4.56. The molecule has 1 aliphatic carbocycles. The number of carbonyl (C=O) groups excluding carboxylic acids is 2. The maximum Gasteiger partial charge on any atom is 0.435 e. The van der Waals surface area contributed by atoms with Gasteiger partial charge in [0.25, 0.3) is 5.91 Å². The van der Waals surface area contributed by atoms with Gasteiger partial charge in [-0.3, -0.25) is 9.59 Å². The molecule has 0 bridgehead atoms. The normalized spacial score (nSPS) is 15.6. The summed E-state index contributed by atoms with van der Waals surface area (Å²) in [4.78, 5) is 24.6. The van der Waals surface area contributed by atoms with Crippen molar-refractivity contribution in [3.63, 3.8) is 0 Å². The van der Waals surface area contributed by atoms with E-state index < -0.39 is 28.4 Å². The van der Waals surface area contributed by atoms with E-state index >= 15 is 0 Å². The predicted molar refractivity (Wildman–Crippen MR) is 106 cm³/mol. The number of ketones is 1. The highest BCUT2D eigenvalue weighted by Crippen LogP contribution is 2.54. The van der Waals surface area contributed by atoms with Crippen LogP contribution in [0.15, 0.2) is 42.2 Å². The Kier molecular flexibility index (Phi) is 5.68. The van der Waals surface area contributed by atoms with Crippen molar-refractivity contribution in [2.75, 3.05) is 19.4 Å². The average molecular weight is 441 g/mol. The van der Waals surface area contributed by atoms with E-state index in [2.05, 4.69) is 10.4 Å². The van der Waals surface area contributed by atoms with Gasteiger partial charge in [-0.05, 0) is 44.0 Å². The first kappa shape index (κ1) is 21.9. The minimum atomic E-state index is -4.61. The van der Waals surface area contributed by atoms with Crippen LogP contribution in [0.5, 0.6) is 0 Å². The number of amides is 1. The van der Waals surface area contributed by atoms with Crippen molar-refractivity contribution in [2.24, 2.45) is 0 Å². The lowest BCUT2D eigenvalue weighted by Gasteiger charge is -2.11. The van der Waals surface area contributed by atoms with Crippen molar-refractivity contribution in [1.29, 1.82) is 0 Å². The lowest BCUT2D eigenvalue weighted by atomic mass is 10.1. The highest BCUT2D eigenvalue weighted by molar-refractivity contribution is 6.26. The van der Waals surface area contributed by atoms with Gasteiger partial charge in [-0.2, -0.15) is 18.3 Å². The topological polar surface area (TPSA) is 67.2 Å². The minimum Gasteiger partial charge on any atom is -0.383 e. The molecule has 1 heterocycles. The molecule has 0 aliphatic heterocycles. The van der Waals surface area contributed by atoms with Crippen LogP contribution >= 0.6 is 11.6 Å². The Labute approximate surface area is 176 Å². The third-order valence-corrected chi connectivity index (χ3v) is 5.14. The minimum absolute atomic E-state index is 0.0209. The van der Waals surface area contributed by atoms with E-state index in [4.69, 9.17) is 11.6 Å². The Balaban J connectivity index is 1.84. The molecule has 30 heavy (non-hydrogen) atoms. The van der Waals surface area contributed by atoms with Crippen LogP contribution in [0.3, 0.4) is 0 Å². The van der Waals surface area contributed by atoms with Crippen LogP contribution in [-0.2, 0) is 20.6 Å². The molecule has 1 aliphatic rings. The molecular weight excluding hydrogens is 421 g/mol. The summed E-state index contributed by atoms with van der Waals surface area (Å²) in [6.45, 7) is 1.29. The number of Topliss-reactive ketones (excluding diaryl/α,β-unsaturated/α-hetero) is 1. The van der Waals surface area contributed by atoms with Crippen LogP contribution < -0.4 is 5.32 Å². The number of hydrogen-bond acceptors (Lipinski definition) is 4. The first-order valence-corrected chi connectivity index (χ1v) is 9.46. The van der Waals surface area contributed by atoms with E-state index in [1.54, 1.807) is 19.0 Å². The zero-order valence-electron chi connectivity index (χ0n) is 16.5. The lowest BCUT2D eigenvalue weighted by molar-refractivity contribution is -0.142. The number of nitrogens with zero attached hydrogens (tertiary/aromatic N) is 3. The van der Waals surface area contributed by atoms with Crippen LogP contribution in [0.1, 0.15) is 31.0 Å². The van der Waals surface area contributed by atoms with E-state index in [1.165, 1.54) is 43.6 Å². The first-order chi connectivity index (χ1) is 13.9. The van der Waals surface area contributed by atoms with Gasteiger partial charge in [0.15, 0.2) is 11.5 Å². The van der Waals surface area contributed by atoms with E-state index in [0.29, 0.717) is 24.2 Å². The molecule has 0 saturated heterocycles. The molecule has 0 spiro atoms. The molecule has 0 unspecified atom stereocenters. The molecule has 10 heteroatoms. The van der Waals surface area contributed by atoms with Crippen molar-refractivity contribution in [3.05, 3.63) is 53.5 Å². The fraction of sp³-hybridized carbons (Fsp3) is 0.350. The Morgan fingerprint density at radius 1 is 1.23 bits per heavy atom. The van der Waals surface area contributed by atoms with E-state index in [-0.39, 0.29) is 11.1 Å². The molecule has 1 aromatic carbocycles. The smallest absolute Gasteiger partial charge is 0.383 e. The van der Waals surface area contributed by atoms with Crippen LogP contribution in [0.4, 0.5) is 18.9 Å². The number of rotatable bonds is 6. The molecule has 1 N–H and O–H groups in total. The van der Waals surface area contributed by atoms with Gasteiger partial charge in [-0.1, -0.05) is 0 Å². The summed E-state index contributed by atoms with van der Waals surface area (Å²) in [6, 6.07) is 6.07. The summed E-state index contributed by atoms with van der Waals surface area (Å²) in [7, 11) is 3.37. The molecule has 1 saturated carbocycles. The maximum atomic E-state index is 13.4. The van der Waals surface area contributed by atoms with Gasteiger partial charge in [0.2, 0.25) is 0 Å². The second-order valence-electron chi connectivity index (χ2n) is 7.36. The summed E-state index contributed by atoms with van der Waals surface area (Å²) in [5.41, 5.74) is -0.288. The Morgan fingerprint density at radius 2 is 1.83 bits per heavy atom. The summed E-state index contributed by atoms with van der Waals surface area (Å²) in [5.74, 6) is -0.973. The van der Waals surface area contributed by atoms with Crippen LogP contribution in [0.2, 0.25) is 0 Å². The molecule has 1 amide bonds. The standard InChI is InChI=1S/C20H20ClF3N4O2/c1-12(29)15(10-27(2)3)18(30)25-13-4-6-14(7-5-13)28-11-16(19(21)8-9-19)17(26-28)20(22,23)24/h4-7,10-11H,8-9H2,1-3H3,(H,25,30). The zero-order chi connectivity index (χ0) is 22.3. The molecule has 6 nitrogen and oxygen atoms in total. The van der Waals surface area contributed by atoms with Crippen molar-refractivity contribution in [3.8, 4) is 5.69 Å². The molecule has 160 valence electrons. The van der Waals surface area contributed by atoms with Gasteiger partial charge in [0.1, 0.15) is 0 Å². The van der Waals surface area contributed by atoms with Crippen LogP contribution in [0.25, 0.3) is 5.69 Å². The van der Waals surface area contributed by atoms with Gasteiger partial charge in [0.05, 0.1) is 16.1 Å². The second kappa shape index (κ2) is 7.79. The average Bonchev–Trinajstić information content (AvgIpc) is 3.21. The SMILES string of the molecule is CC(=O)C(=CN(C)C)C(=O)Nc1ccc(-n2cc(C3(Cl)CC3)c(C(F)(F)F)n2)cc1. The fourth-order valence-electron chi connectivity index (χ4n) is 2.89. The molecule has 3 rings (SSSR count). The number of halogens is 4. The lowest BCUT2D eigenvalue weighted by Crippen LogP contribution is -2.21. The Hall–Kier alpha value is -2.81.